The third kappa shape index (κ3) is 18.3. The van der Waals surface area contributed by atoms with Crippen LogP contribution in [0.3, 0.4) is 0 Å². The lowest BCUT2D eigenvalue weighted by Crippen LogP contribution is -2.39. The number of rotatable bonds is 30. The number of carbonyl (C=O) groups is 11. The summed E-state index contributed by atoms with van der Waals surface area (Å²) in [5.74, 6) is -14.2. The summed E-state index contributed by atoms with van der Waals surface area (Å²) >= 11 is 0. The smallest absolute Gasteiger partial charge is 0.340 e. The summed E-state index contributed by atoms with van der Waals surface area (Å²) in [6.45, 7) is -2.49. The second kappa shape index (κ2) is 29.5. The van der Waals surface area contributed by atoms with Crippen molar-refractivity contribution in [2.45, 2.75) is 47.1 Å². The minimum Gasteiger partial charge on any atom is -0.489 e. The summed E-state index contributed by atoms with van der Waals surface area (Å²) in [7, 11) is 0. The summed E-state index contributed by atoms with van der Waals surface area (Å²) in [5.41, 5.74) is -3.80. The number of esters is 11. The van der Waals surface area contributed by atoms with Crippen molar-refractivity contribution in [2.75, 3.05) is 98.2 Å². The van der Waals surface area contributed by atoms with Crippen LogP contribution >= 0.6 is 0 Å². The van der Waals surface area contributed by atoms with E-state index in [4.69, 9.17) is 66.3 Å². The third-order valence-electron chi connectivity index (χ3n) is 10.6. The predicted octanol–water partition coefficient (Wildman–Crippen LogP) is 2.09. The maximum Gasteiger partial charge on any atom is 0.340 e. The molecule has 0 amide bonds. The number of nitrogens with zero attached hydrogens (tertiary/aromatic N) is 2. The van der Waals surface area contributed by atoms with E-state index in [9.17, 15) is 52.7 Å². The second-order valence-corrected chi connectivity index (χ2v) is 16.5. The number of carbonyl (C=O) groups excluding carboxylic acids is 11. The van der Waals surface area contributed by atoms with Crippen LogP contribution in [0, 0.1) is 11.6 Å². The Morgan fingerprint density at radius 1 is 0.457 bits per heavy atom. The lowest BCUT2D eigenvalue weighted by atomic mass is 9.77. The van der Waals surface area contributed by atoms with E-state index in [-0.39, 0.29) is 64.9 Å². The highest BCUT2D eigenvalue weighted by Crippen LogP contribution is 2.59. The molecule has 0 saturated heterocycles. The van der Waals surface area contributed by atoms with Crippen LogP contribution in [0.5, 0.6) is 28.7 Å². The molecule has 0 fully saturated rings. The van der Waals surface area contributed by atoms with Gasteiger partial charge in [-0.3, -0.25) is 52.8 Å². The van der Waals surface area contributed by atoms with Gasteiger partial charge in [0.2, 0.25) is 40.8 Å². The van der Waals surface area contributed by atoms with Crippen LogP contribution in [0.25, 0.3) is 0 Å². The van der Waals surface area contributed by atoms with Crippen molar-refractivity contribution < 1.29 is 137 Å². The highest BCUT2D eigenvalue weighted by atomic mass is 19.1. The first-order valence-corrected chi connectivity index (χ1v) is 23.6. The van der Waals surface area contributed by atoms with Crippen LogP contribution in [0.1, 0.15) is 68.6 Å². The lowest BCUT2D eigenvalue weighted by molar-refractivity contribution is -0.170. The van der Waals surface area contributed by atoms with Gasteiger partial charge in [-0.05, 0) is 24.3 Å². The Balaban J connectivity index is 1.59. The molecule has 1 spiro atoms. The minimum atomic E-state index is -2.38. The molecule has 3 aromatic carbocycles. The highest BCUT2D eigenvalue weighted by Gasteiger charge is 2.55. The Morgan fingerprint density at radius 2 is 0.864 bits per heavy atom. The van der Waals surface area contributed by atoms with Gasteiger partial charge < -0.3 is 80.7 Å². The fourth-order valence-electron chi connectivity index (χ4n) is 7.18. The van der Waals surface area contributed by atoms with E-state index < -0.39 is 168 Å². The van der Waals surface area contributed by atoms with Crippen molar-refractivity contribution in [2.24, 2.45) is 0 Å². The molecular formula is C50H52F2N2O27. The SMILES string of the molecule is CC(=O)OCOC(=O)CN(CCOCCOc1cc2c(cc1N(CC(=O)OCOC(C)=O)CC(=O)OCOC(C)=O)C(=O)OC21c2cc(F)c(OCOC(C)=O)cc2Oc2cc(OCOC(C)=O)c(F)cc21)CC(=O)OCOC(C)=O. The van der Waals surface area contributed by atoms with Crippen LogP contribution in [-0.2, 0) is 110 Å². The first-order chi connectivity index (χ1) is 38.5. The minimum absolute atomic E-state index is 0.183. The molecule has 0 unspecified atom stereocenters. The van der Waals surface area contributed by atoms with E-state index in [2.05, 4.69) is 9.47 Å². The average Bonchev–Trinajstić information content (AvgIpc) is 2.76. The number of benzene rings is 3. The summed E-state index contributed by atoms with van der Waals surface area (Å²) in [6.07, 6.45) is 0. The average molecular weight is 1150 g/mol. The van der Waals surface area contributed by atoms with E-state index >= 15 is 8.78 Å². The molecule has 29 nitrogen and oxygen atoms in total. The molecule has 2 aliphatic heterocycles. The largest absolute Gasteiger partial charge is 0.489 e. The van der Waals surface area contributed by atoms with Crippen LogP contribution in [-0.4, -0.2) is 164 Å². The van der Waals surface area contributed by atoms with Crippen LogP contribution < -0.4 is 23.8 Å². The monoisotopic (exact) mass is 1150 g/mol. The fraction of sp³-hybridized carbons (Fsp3) is 0.420. The molecule has 5 rings (SSSR count). The summed E-state index contributed by atoms with van der Waals surface area (Å²) < 4.78 is 115. The number of hydrogen-bond donors (Lipinski definition) is 0. The molecule has 0 N–H and O–H groups in total. The van der Waals surface area contributed by atoms with Gasteiger partial charge in [0, 0.05) is 65.8 Å². The van der Waals surface area contributed by atoms with Crippen LogP contribution in [0.2, 0.25) is 0 Å². The Bertz CT molecular complexity index is 2750. The van der Waals surface area contributed by atoms with Crippen molar-refractivity contribution in [3.8, 4) is 28.7 Å². The fourth-order valence-corrected chi connectivity index (χ4v) is 7.18. The molecule has 81 heavy (non-hydrogen) atoms. The number of halogens is 2. The topological polar surface area (TPSA) is 342 Å². The maximum absolute atomic E-state index is 16.2. The molecule has 3 aromatic rings. The van der Waals surface area contributed by atoms with Gasteiger partial charge in [-0.1, -0.05) is 0 Å². The summed E-state index contributed by atoms with van der Waals surface area (Å²) in [5, 5.41) is 0. The normalized spacial score (nSPS) is 12.1. The van der Waals surface area contributed by atoms with Crippen molar-refractivity contribution in [1.29, 1.82) is 0 Å². The first-order valence-electron chi connectivity index (χ1n) is 23.6. The van der Waals surface area contributed by atoms with Crippen LogP contribution in [0.4, 0.5) is 14.5 Å². The number of anilines is 1. The highest BCUT2D eigenvalue weighted by molar-refractivity contribution is 5.99. The van der Waals surface area contributed by atoms with Gasteiger partial charge in [-0.15, -0.1) is 0 Å². The molecule has 0 radical (unpaired) electrons. The van der Waals surface area contributed by atoms with E-state index in [0.717, 1.165) is 76.8 Å². The van der Waals surface area contributed by atoms with Gasteiger partial charge >= 0.3 is 65.7 Å². The molecule has 0 saturated carbocycles. The molecule has 2 aliphatic rings. The molecule has 0 bridgehead atoms. The third-order valence-corrected chi connectivity index (χ3v) is 10.6. The van der Waals surface area contributed by atoms with E-state index in [0.29, 0.717) is 0 Å². The molecule has 0 atom stereocenters. The van der Waals surface area contributed by atoms with Gasteiger partial charge in [0.25, 0.3) is 0 Å². The number of ether oxygens (including phenoxy) is 16. The summed E-state index contributed by atoms with van der Waals surface area (Å²) in [6, 6.07) is 5.96. The van der Waals surface area contributed by atoms with Gasteiger partial charge in [0.1, 0.15) is 36.9 Å². The van der Waals surface area contributed by atoms with Gasteiger partial charge in [-0.2, -0.15) is 0 Å². The van der Waals surface area contributed by atoms with Crippen molar-refractivity contribution in [3.05, 3.63) is 70.3 Å². The molecule has 0 aliphatic carbocycles. The molecule has 31 heteroatoms. The zero-order chi connectivity index (χ0) is 59.4. The lowest BCUT2D eigenvalue weighted by Gasteiger charge is -2.37. The Labute approximate surface area is 457 Å². The molecule has 0 aromatic heterocycles. The number of hydrogen-bond acceptors (Lipinski definition) is 29. The van der Waals surface area contributed by atoms with Crippen molar-refractivity contribution in [1.82, 2.24) is 4.90 Å². The zero-order valence-corrected chi connectivity index (χ0v) is 44.0. The Morgan fingerprint density at radius 3 is 1.28 bits per heavy atom. The molecule has 2 heterocycles. The predicted molar refractivity (Wildman–Crippen MR) is 255 cm³/mol. The van der Waals surface area contributed by atoms with E-state index in [1.807, 2.05) is 0 Å². The Kier molecular flexibility index (Phi) is 22.8. The van der Waals surface area contributed by atoms with Gasteiger partial charge in [-0.25, -0.2) is 13.6 Å². The quantitative estimate of drug-likeness (QED) is 0.0399. The van der Waals surface area contributed by atoms with Crippen LogP contribution in [0.15, 0.2) is 36.4 Å². The van der Waals surface area contributed by atoms with E-state index in [1.54, 1.807) is 0 Å². The van der Waals surface area contributed by atoms with Crippen molar-refractivity contribution in [3.63, 3.8) is 0 Å². The van der Waals surface area contributed by atoms with E-state index in [1.165, 1.54) is 11.0 Å². The Hall–Kier alpha value is -9.39. The zero-order valence-electron chi connectivity index (χ0n) is 44.0. The first kappa shape index (κ1) is 62.5. The number of fused-ring (bicyclic) bond motifs is 6. The van der Waals surface area contributed by atoms with Gasteiger partial charge in [0.05, 0.1) is 48.7 Å². The standard InChI is InChI=1S/C50H52F2N2O27/c1-27(55)68-21-74-42-15-40-35(12-37(42)51)50(36-13-38(52)43(16-41(36)80-40)75-22-69-28(2)56)34-14-44(67-10-9-66-8-7-53(17-45(61)76-23-70-29(3)57)18-46(62)77-24-71-30(4)58)39(11-33(34)49(65)81-50)54(19-47(63)78-25-72-31(5)59)20-48(64)79-26-73-32(6)60/h11-16H,7-10,17-26H2,1-6H3. The second-order valence-electron chi connectivity index (χ2n) is 16.5. The van der Waals surface area contributed by atoms with Crippen molar-refractivity contribution >= 4 is 71.3 Å². The molecular weight excluding hydrogens is 1100 g/mol. The maximum atomic E-state index is 16.2. The summed E-state index contributed by atoms with van der Waals surface area (Å²) in [4.78, 5) is 137. The van der Waals surface area contributed by atoms with Gasteiger partial charge in [0.15, 0.2) is 28.7 Å². The molecule has 438 valence electrons.